The zero-order chi connectivity index (χ0) is 15.2. The lowest BCUT2D eigenvalue weighted by Crippen LogP contribution is -2.11. The van der Waals surface area contributed by atoms with E-state index in [2.05, 4.69) is 11.2 Å². The summed E-state index contributed by atoms with van der Waals surface area (Å²) in [5.74, 6) is 0.486. The van der Waals surface area contributed by atoms with Crippen LogP contribution in [0.5, 0.6) is 0 Å². The molecule has 1 aliphatic rings. The maximum Gasteiger partial charge on any atom is 0.358 e. The van der Waals surface area contributed by atoms with Gasteiger partial charge < -0.3 is 4.84 Å². The maximum atomic E-state index is 11.7. The number of rotatable bonds is 3. The zero-order valence-electron chi connectivity index (χ0n) is 11.9. The Hall–Kier alpha value is -2.33. The lowest BCUT2D eigenvalue weighted by Gasteiger charge is -2.15. The van der Waals surface area contributed by atoms with E-state index in [9.17, 15) is 4.79 Å². The molecule has 2 aromatic rings. The topological polar surface area (TPSA) is 38.7 Å². The normalized spacial score (nSPS) is 15.7. The fourth-order valence-electron chi connectivity index (χ4n) is 2.18. The van der Waals surface area contributed by atoms with Gasteiger partial charge in [-0.1, -0.05) is 53.7 Å². The van der Waals surface area contributed by atoms with Gasteiger partial charge in [0.1, 0.15) is 0 Å². The van der Waals surface area contributed by atoms with Gasteiger partial charge in [-0.15, -0.1) is 11.8 Å². The summed E-state index contributed by atoms with van der Waals surface area (Å²) in [5.41, 5.74) is 2.83. The first-order valence-electron chi connectivity index (χ1n) is 7.06. The fraction of sp³-hybridized carbons (Fsp3) is 0.111. The van der Waals surface area contributed by atoms with Gasteiger partial charge in [-0.25, -0.2) is 4.79 Å². The van der Waals surface area contributed by atoms with Gasteiger partial charge in [0, 0.05) is 28.7 Å². The summed E-state index contributed by atoms with van der Waals surface area (Å²) in [6, 6.07) is 17.7. The van der Waals surface area contributed by atoms with Crippen molar-refractivity contribution in [3.63, 3.8) is 0 Å². The number of hydrogen-bond donors (Lipinski definition) is 0. The number of fused-ring (bicyclic) bond motifs is 1. The molecule has 0 fully saturated rings. The van der Waals surface area contributed by atoms with E-state index < -0.39 is 5.97 Å². The predicted molar refractivity (Wildman–Crippen MR) is 89.9 cm³/mol. The van der Waals surface area contributed by atoms with Gasteiger partial charge >= 0.3 is 5.97 Å². The van der Waals surface area contributed by atoms with Crippen LogP contribution in [0.25, 0.3) is 6.08 Å². The number of hydrogen-bond acceptors (Lipinski definition) is 4. The number of nitrogens with zero attached hydrogens (tertiary/aromatic N) is 1. The van der Waals surface area contributed by atoms with E-state index in [1.54, 1.807) is 17.8 Å². The second kappa shape index (κ2) is 7.09. The summed E-state index contributed by atoms with van der Waals surface area (Å²) in [5, 5.41) is 4.04. The van der Waals surface area contributed by atoms with Crippen LogP contribution in [0.2, 0.25) is 0 Å². The van der Waals surface area contributed by atoms with Crippen LogP contribution in [-0.2, 0) is 9.63 Å². The van der Waals surface area contributed by atoms with Crippen molar-refractivity contribution in [1.82, 2.24) is 0 Å². The first-order chi connectivity index (χ1) is 10.8. The quantitative estimate of drug-likeness (QED) is 0.486. The van der Waals surface area contributed by atoms with Crippen molar-refractivity contribution in [2.75, 3.05) is 5.75 Å². The van der Waals surface area contributed by atoms with E-state index in [-0.39, 0.29) is 0 Å². The molecule has 4 heteroatoms. The molecule has 0 aromatic heterocycles. The minimum atomic E-state index is -0.466. The third kappa shape index (κ3) is 3.65. The van der Waals surface area contributed by atoms with Gasteiger partial charge in [0.15, 0.2) is 0 Å². The van der Waals surface area contributed by atoms with Gasteiger partial charge in [-0.05, 0) is 17.7 Å². The molecule has 0 amide bonds. The molecule has 0 bridgehead atoms. The second-order valence-electron chi connectivity index (χ2n) is 4.79. The van der Waals surface area contributed by atoms with Crippen molar-refractivity contribution in [3.8, 4) is 0 Å². The molecule has 2 aromatic carbocycles. The average molecular weight is 309 g/mol. The van der Waals surface area contributed by atoms with Crippen LogP contribution in [0.1, 0.15) is 17.5 Å². The smallest absolute Gasteiger partial charge is 0.313 e. The first kappa shape index (κ1) is 14.6. The molecule has 0 atom stereocenters. The second-order valence-corrected chi connectivity index (χ2v) is 5.92. The molecule has 0 aliphatic carbocycles. The first-order valence-corrected chi connectivity index (χ1v) is 8.05. The SMILES string of the molecule is O=C(C=Cc1ccccc1)ON=C1CCSc2ccccc21. The molecular weight excluding hydrogens is 294 g/mol. The molecule has 0 N–H and O–H groups in total. The summed E-state index contributed by atoms with van der Waals surface area (Å²) < 4.78 is 0. The van der Waals surface area contributed by atoms with E-state index >= 15 is 0 Å². The molecule has 110 valence electrons. The van der Waals surface area contributed by atoms with Gasteiger partial charge in [-0.2, -0.15) is 0 Å². The summed E-state index contributed by atoms with van der Waals surface area (Å²) in [4.78, 5) is 17.9. The lowest BCUT2D eigenvalue weighted by atomic mass is 10.1. The van der Waals surface area contributed by atoms with E-state index in [1.807, 2.05) is 48.5 Å². The van der Waals surface area contributed by atoms with Crippen LogP contribution >= 0.6 is 11.8 Å². The minimum Gasteiger partial charge on any atom is -0.313 e. The van der Waals surface area contributed by atoms with Gasteiger partial charge in [0.2, 0.25) is 0 Å². The average Bonchev–Trinajstić information content (AvgIpc) is 2.59. The number of carbonyl (C=O) groups excluding carboxylic acids is 1. The van der Waals surface area contributed by atoms with Crippen LogP contribution in [-0.4, -0.2) is 17.4 Å². The molecule has 0 spiro atoms. The number of thioether (sulfide) groups is 1. The van der Waals surface area contributed by atoms with Crippen LogP contribution < -0.4 is 0 Å². The van der Waals surface area contributed by atoms with Crippen molar-refractivity contribution in [3.05, 3.63) is 71.8 Å². The highest BCUT2D eigenvalue weighted by Crippen LogP contribution is 2.29. The molecule has 22 heavy (non-hydrogen) atoms. The van der Waals surface area contributed by atoms with Crippen molar-refractivity contribution in [1.29, 1.82) is 0 Å². The van der Waals surface area contributed by atoms with E-state index in [0.717, 1.165) is 29.0 Å². The van der Waals surface area contributed by atoms with Crippen molar-refractivity contribution < 1.29 is 9.63 Å². The zero-order valence-corrected chi connectivity index (χ0v) is 12.8. The Labute approximate surface area is 133 Å². The Bertz CT molecular complexity index is 723. The monoisotopic (exact) mass is 309 g/mol. The van der Waals surface area contributed by atoms with E-state index in [1.165, 1.54) is 11.0 Å². The summed E-state index contributed by atoms with van der Waals surface area (Å²) in [7, 11) is 0. The van der Waals surface area contributed by atoms with Crippen LogP contribution in [0.3, 0.4) is 0 Å². The van der Waals surface area contributed by atoms with E-state index in [4.69, 9.17) is 4.84 Å². The molecule has 0 unspecified atom stereocenters. The van der Waals surface area contributed by atoms with Crippen molar-refractivity contribution in [2.24, 2.45) is 5.16 Å². The molecule has 0 saturated carbocycles. The Morgan fingerprint density at radius 3 is 2.73 bits per heavy atom. The lowest BCUT2D eigenvalue weighted by molar-refractivity contribution is -0.137. The maximum absolute atomic E-state index is 11.7. The Morgan fingerprint density at radius 2 is 1.86 bits per heavy atom. The number of oxime groups is 1. The molecular formula is C18H15NO2S. The molecule has 1 aliphatic heterocycles. The number of benzene rings is 2. The molecule has 3 nitrogen and oxygen atoms in total. The van der Waals surface area contributed by atoms with Crippen LogP contribution in [0, 0.1) is 0 Å². The van der Waals surface area contributed by atoms with E-state index in [0.29, 0.717) is 0 Å². The third-order valence-corrected chi connectivity index (χ3v) is 4.33. The summed E-state index contributed by atoms with van der Waals surface area (Å²) >= 11 is 1.80. The highest BCUT2D eigenvalue weighted by molar-refractivity contribution is 7.99. The highest BCUT2D eigenvalue weighted by Gasteiger charge is 2.16. The highest BCUT2D eigenvalue weighted by atomic mass is 32.2. The van der Waals surface area contributed by atoms with Crippen molar-refractivity contribution >= 4 is 29.5 Å². The third-order valence-electron chi connectivity index (χ3n) is 3.25. The number of carbonyl (C=O) groups is 1. The standard InChI is InChI=1S/C18H15NO2S/c20-18(11-10-14-6-2-1-3-7-14)21-19-16-12-13-22-17-9-5-4-8-15(16)17/h1-11H,12-13H2. The van der Waals surface area contributed by atoms with Crippen LogP contribution in [0.4, 0.5) is 0 Å². The van der Waals surface area contributed by atoms with Gasteiger partial charge in [0.25, 0.3) is 0 Å². The Balaban J connectivity index is 1.67. The predicted octanol–water partition coefficient (Wildman–Crippen LogP) is 4.14. The summed E-state index contributed by atoms with van der Waals surface area (Å²) in [6.07, 6.45) is 3.91. The van der Waals surface area contributed by atoms with Gasteiger partial charge in [-0.3, -0.25) is 0 Å². The molecule has 3 rings (SSSR count). The fourth-order valence-corrected chi connectivity index (χ4v) is 3.21. The van der Waals surface area contributed by atoms with Crippen molar-refractivity contribution in [2.45, 2.75) is 11.3 Å². The van der Waals surface area contributed by atoms with Gasteiger partial charge in [0.05, 0.1) is 5.71 Å². The Kier molecular flexibility index (Phi) is 4.71. The largest absolute Gasteiger partial charge is 0.358 e. The minimum absolute atomic E-state index is 0.466. The Morgan fingerprint density at radius 1 is 1.09 bits per heavy atom. The molecule has 1 heterocycles. The summed E-state index contributed by atoms with van der Waals surface area (Å²) in [6.45, 7) is 0. The molecule has 0 saturated heterocycles. The van der Waals surface area contributed by atoms with Crippen LogP contribution in [0.15, 0.2) is 70.7 Å². The molecule has 0 radical (unpaired) electrons.